The molecule has 41 heavy (non-hydrogen) atoms. The van der Waals surface area contributed by atoms with Gasteiger partial charge >= 0.3 is 0 Å². The van der Waals surface area contributed by atoms with E-state index < -0.39 is 0 Å². The van der Waals surface area contributed by atoms with Crippen molar-refractivity contribution in [2.24, 2.45) is 0 Å². The van der Waals surface area contributed by atoms with E-state index in [9.17, 15) is 0 Å². The van der Waals surface area contributed by atoms with Gasteiger partial charge in [0.1, 0.15) is 0 Å². The predicted molar refractivity (Wildman–Crippen MR) is 169 cm³/mol. The molecule has 0 radical (unpaired) electrons. The van der Waals surface area contributed by atoms with E-state index in [1.54, 1.807) is 0 Å². The molecule has 0 saturated carbocycles. The molecule has 0 saturated heterocycles. The van der Waals surface area contributed by atoms with Crippen LogP contribution in [0.4, 0.5) is 11.4 Å². The minimum atomic E-state index is -0.356. The van der Waals surface area contributed by atoms with Crippen molar-refractivity contribution in [3.8, 4) is 22.3 Å². The molecule has 2 unspecified atom stereocenters. The molecule has 4 aliphatic rings. The van der Waals surface area contributed by atoms with Crippen molar-refractivity contribution in [2.75, 3.05) is 5.32 Å². The minimum absolute atomic E-state index is 0.259. The highest BCUT2D eigenvalue weighted by atomic mass is 14.9. The van der Waals surface area contributed by atoms with Crippen molar-refractivity contribution in [2.45, 2.75) is 25.2 Å². The number of rotatable bonds is 2. The zero-order valence-electron chi connectivity index (χ0n) is 23.2. The van der Waals surface area contributed by atoms with Gasteiger partial charge in [0.25, 0.3) is 0 Å². The van der Waals surface area contributed by atoms with Gasteiger partial charge in [-0.25, -0.2) is 0 Å². The molecular weight excluding hydrogens is 494 g/mol. The maximum atomic E-state index is 3.86. The summed E-state index contributed by atoms with van der Waals surface area (Å²) in [5.41, 5.74) is 19.8. The molecule has 6 aromatic carbocycles. The van der Waals surface area contributed by atoms with E-state index in [1.165, 1.54) is 83.7 Å². The normalized spacial score (nSPS) is 18.5. The average Bonchev–Trinajstić information content (AvgIpc) is 3.02. The summed E-state index contributed by atoms with van der Waals surface area (Å²) in [6, 6.07) is 47.7. The van der Waals surface area contributed by atoms with Crippen molar-refractivity contribution < 1.29 is 0 Å². The number of fused-ring (bicyclic) bond motifs is 1. The fourth-order valence-electron chi connectivity index (χ4n) is 7.94. The number of anilines is 2. The van der Waals surface area contributed by atoms with Crippen LogP contribution in [0.3, 0.4) is 0 Å². The topological polar surface area (TPSA) is 12.0 Å². The molecule has 0 amide bonds. The Balaban J connectivity index is 1.33. The largest absolute Gasteiger partial charge is 0.355 e. The summed E-state index contributed by atoms with van der Waals surface area (Å²) in [6.45, 7) is 4.52. The standard InChI is InChI=1S/C40H29N/c1-24-21-32-34(22-25(24)2)40-33-13-7-6-11-30(33)38(32)31-12-8-14-37(39(31)40)41-36-20-19-29(23-35(36)40)28-17-15-27(16-18-28)26-9-4-3-5-10-26/h3-23,38,41H,1-2H3. The Hall–Kier alpha value is -4.88. The fourth-order valence-corrected chi connectivity index (χ4v) is 7.94. The molecular formula is C40H29N. The van der Waals surface area contributed by atoms with E-state index in [4.69, 9.17) is 0 Å². The molecule has 10 rings (SSSR count). The van der Waals surface area contributed by atoms with E-state index >= 15 is 0 Å². The zero-order chi connectivity index (χ0) is 27.3. The molecule has 1 aliphatic heterocycles. The Bertz CT molecular complexity index is 2030. The second kappa shape index (κ2) is 8.08. The fraction of sp³-hybridized carbons (Fsp3) is 0.100. The van der Waals surface area contributed by atoms with Crippen LogP contribution in [0.2, 0.25) is 0 Å². The van der Waals surface area contributed by atoms with Crippen LogP contribution >= 0.6 is 0 Å². The van der Waals surface area contributed by atoms with Gasteiger partial charge in [-0.3, -0.25) is 0 Å². The van der Waals surface area contributed by atoms with Gasteiger partial charge in [0, 0.05) is 17.3 Å². The maximum Gasteiger partial charge on any atom is 0.0751 e. The Labute approximate surface area is 241 Å². The summed E-state index contributed by atoms with van der Waals surface area (Å²) < 4.78 is 0. The molecule has 3 aliphatic carbocycles. The first-order valence-electron chi connectivity index (χ1n) is 14.6. The summed E-state index contributed by atoms with van der Waals surface area (Å²) in [6.07, 6.45) is 0. The van der Waals surface area contributed by atoms with Crippen LogP contribution < -0.4 is 5.32 Å². The van der Waals surface area contributed by atoms with Crippen LogP contribution in [-0.4, -0.2) is 0 Å². The number of nitrogens with one attached hydrogen (secondary N) is 1. The van der Waals surface area contributed by atoms with Crippen LogP contribution in [0.25, 0.3) is 22.3 Å². The lowest BCUT2D eigenvalue weighted by atomic mass is 9.49. The first-order valence-corrected chi connectivity index (χ1v) is 14.6. The van der Waals surface area contributed by atoms with Gasteiger partial charge in [-0.05, 0) is 104 Å². The van der Waals surface area contributed by atoms with Crippen LogP contribution in [0.15, 0.2) is 127 Å². The third-order valence-electron chi connectivity index (χ3n) is 9.86. The molecule has 194 valence electrons. The molecule has 0 aromatic heterocycles. The lowest BCUT2D eigenvalue weighted by Crippen LogP contribution is -2.45. The summed E-state index contributed by atoms with van der Waals surface area (Å²) in [4.78, 5) is 0. The second-order valence-corrected chi connectivity index (χ2v) is 11.9. The lowest BCUT2D eigenvalue weighted by molar-refractivity contribution is 0.626. The molecule has 1 heteroatoms. The molecule has 2 bridgehead atoms. The highest BCUT2D eigenvalue weighted by Gasteiger charge is 2.56. The zero-order valence-corrected chi connectivity index (χ0v) is 23.2. The average molecular weight is 524 g/mol. The van der Waals surface area contributed by atoms with E-state index in [1.807, 2.05) is 0 Å². The van der Waals surface area contributed by atoms with Crippen molar-refractivity contribution in [1.82, 2.24) is 0 Å². The van der Waals surface area contributed by atoms with Crippen molar-refractivity contribution in [3.05, 3.63) is 177 Å². The quantitative estimate of drug-likeness (QED) is 0.238. The van der Waals surface area contributed by atoms with Crippen LogP contribution in [0.5, 0.6) is 0 Å². The van der Waals surface area contributed by atoms with Gasteiger partial charge in [-0.15, -0.1) is 0 Å². The first-order chi connectivity index (χ1) is 20.1. The predicted octanol–water partition coefficient (Wildman–Crippen LogP) is 9.88. The number of benzene rings is 6. The van der Waals surface area contributed by atoms with Crippen LogP contribution in [-0.2, 0) is 5.41 Å². The van der Waals surface area contributed by atoms with Gasteiger partial charge in [0.05, 0.1) is 5.41 Å². The highest BCUT2D eigenvalue weighted by Crippen LogP contribution is 2.66. The monoisotopic (exact) mass is 523 g/mol. The van der Waals surface area contributed by atoms with Crippen molar-refractivity contribution in [1.29, 1.82) is 0 Å². The van der Waals surface area contributed by atoms with Gasteiger partial charge in [0.2, 0.25) is 0 Å². The molecule has 2 atom stereocenters. The van der Waals surface area contributed by atoms with Crippen LogP contribution in [0, 0.1) is 13.8 Å². The minimum Gasteiger partial charge on any atom is -0.355 e. The lowest BCUT2D eigenvalue weighted by Gasteiger charge is -2.54. The third-order valence-corrected chi connectivity index (χ3v) is 9.86. The van der Waals surface area contributed by atoms with E-state index in [0.717, 1.165) is 0 Å². The Morgan fingerprint density at radius 2 is 1.12 bits per heavy atom. The Kier molecular flexibility index (Phi) is 4.51. The first kappa shape index (κ1) is 22.9. The molecule has 1 nitrogen and oxygen atoms in total. The maximum absolute atomic E-state index is 3.86. The van der Waals surface area contributed by atoms with Crippen molar-refractivity contribution >= 4 is 11.4 Å². The second-order valence-electron chi connectivity index (χ2n) is 11.9. The molecule has 0 fully saturated rings. The summed E-state index contributed by atoms with van der Waals surface area (Å²) in [7, 11) is 0. The van der Waals surface area contributed by atoms with Gasteiger partial charge in [0.15, 0.2) is 0 Å². The number of hydrogen-bond acceptors (Lipinski definition) is 1. The molecule has 1 N–H and O–H groups in total. The van der Waals surface area contributed by atoms with E-state index in [0.29, 0.717) is 0 Å². The Morgan fingerprint density at radius 1 is 0.463 bits per heavy atom. The molecule has 6 aromatic rings. The number of aryl methyl sites for hydroxylation is 2. The highest BCUT2D eigenvalue weighted by molar-refractivity contribution is 5.90. The summed E-state index contributed by atoms with van der Waals surface area (Å²) in [5.74, 6) is 0.259. The SMILES string of the molecule is Cc1cc2c(cc1C)C13c4cc(-c5ccc(-c6ccccc6)cc5)ccc4Nc4cccc(c41)C2c1ccccc13. The molecule has 1 heterocycles. The van der Waals surface area contributed by atoms with Gasteiger partial charge < -0.3 is 5.32 Å². The number of hydrogen-bond donors (Lipinski definition) is 1. The van der Waals surface area contributed by atoms with E-state index in [-0.39, 0.29) is 11.3 Å². The van der Waals surface area contributed by atoms with E-state index in [2.05, 4.69) is 147 Å². The van der Waals surface area contributed by atoms with Crippen molar-refractivity contribution in [3.63, 3.8) is 0 Å². The van der Waals surface area contributed by atoms with Gasteiger partial charge in [-0.2, -0.15) is 0 Å². The van der Waals surface area contributed by atoms with Gasteiger partial charge in [-0.1, -0.05) is 109 Å². The summed E-state index contributed by atoms with van der Waals surface area (Å²) in [5, 5.41) is 3.86. The van der Waals surface area contributed by atoms with Crippen LogP contribution in [0.1, 0.15) is 56.0 Å². The smallest absolute Gasteiger partial charge is 0.0751 e. The third kappa shape index (κ3) is 2.91. The summed E-state index contributed by atoms with van der Waals surface area (Å²) >= 11 is 0. The Morgan fingerprint density at radius 3 is 1.95 bits per heavy atom. The molecule has 1 spiro atoms.